The molecule has 1 N–H and O–H groups in total. The molecule has 0 fully saturated rings. The van der Waals surface area contributed by atoms with Gasteiger partial charge in [-0.25, -0.2) is 0 Å². The van der Waals surface area contributed by atoms with Crippen LogP contribution in [0.3, 0.4) is 0 Å². The van der Waals surface area contributed by atoms with Gasteiger partial charge in [0.25, 0.3) is 0 Å². The van der Waals surface area contributed by atoms with Crippen LogP contribution in [0.15, 0.2) is 42.5 Å². The zero-order chi connectivity index (χ0) is 12.3. The summed E-state index contributed by atoms with van der Waals surface area (Å²) in [5.41, 5.74) is 3.30. The van der Waals surface area contributed by atoms with E-state index >= 15 is 0 Å². The van der Waals surface area contributed by atoms with E-state index in [4.69, 9.17) is 16.9 Å². The van der Waals surface area contributed by atoms with E-state index in [0.717, 1.165) is 16.9 Å². The van der Waals surface area contributed by atoms with Crippen LogP contribution in [-0.2, 0) is 0 Å². The predicted molar refractivity (Wildman–Crippen MR) is 70.6 cm³/mol. The molecule has 2 nitrogen and oxygen atoms in total. The number of nitrogens with zero attached hydrogens (tertiary/aromatic N) is 1. The molecule has 0 atom stereocenters. The molecule has 0 aliphatic carbocycles. The minimum absolute atomic E-state index is 0.602. The smallest absolute Gasteiger partial charge is 0.101 e. The van der Waals surface area contributed by atoms with Crippen LogP contribution in [-0.4, -0.2) is 0 Å². The molecule has 0 aliphatic heterocycles. The third-order valence-corrected chi connectivity index (χ3v) is 2.77. The summed E-state index contributed by atoms with van der Waals surface area (Å²) in [5, 5.41) is 12.8. The zero-order valence-electron chi connectivity index (χ0n) is 9.37. The highest BCUT2D eigenvalue weighted by molar-refractivity contribution is 6.33. The number of hydrogen-bond acceptors (Lipinski definition) is 2. The third kappa shape index (κ3) is 2.58. The monoisotopic (exact) mass is 242 g/mol. The Bertz CT molecular complexity index is 585. The standard InChI is InChI=1S/C14H11ClN2/c1-10-6-7-12(15)14(8-10)17-13-5-3-2-4-11(13)9-16/h2-8,17H,1H3. The number of hydrogen-bond donors (Lipinski definition) is 1. The topological polar surface area (TPSA) is 35.8 Å². The molecule has 2 aromatic rings. The van der Waals surface area contributed by atoms with Crippen molar-refractivity contribution in [1.82, 2.24) is 0 Å². The predicted octanol–water partition coefficient (Wildman–Crippen LogP) is 4.26. The summed E-state index contributed by atoms with van der Waals surface area (Å²) in [6.45, 7) is 2.00. The average Bonchev–Trinajstić information content (AvgIpc) is 2.34. The molecule has 84 valence electrons. The maximum absolute atomic E-state index is 9.00. The lowest BCUT2D eigenvalue weighted by Crippen LogP contribution is -1.94. The molecule has 0 saturated heterocycles. The van der Waals surface area contributed by atoms with Crippen LogP contribution >= 0.6 is 11.6 Å². The number of nitrogens with one attached hydrogen (secondary N) is 1. The van der Waals surface area contributed by atoms with Crippen molar-refractivity contribution < 1.29 is 0 Å². The fourth-order valence-corrected chi connectivity index (χ4v) is 1.73. The van der Waals surface area contributed by atoms with Crippen LogP contribution in [0.2, 0.25) is 5.02 Å². The SMILES string of the molecule is Cc1ccc(Cl)c(Nc2ccccc2C#N)c1. The Kier molecular flexibility index (Phi) is 3.32. The van der Waals surface area contributed by atoms with Crippen LogP contribution in [0.5, 0.6) is 0 Å². The lowest BCUT2D eigenvalue weighted by atomic mass is 10.1. The van der Waals surface area contributed by atoms with Crippen LogP contribution in [0.25, 0.3) is 0 Å². The lowest BCUT2D eigenvalue weighted by Gasteiger charge is -2.10. The van der Waals surface area contributed by atoms with Gasteiger partial charge in [0.2, 0.25) is 0 Å². The van der Waals surface area contributed by atoms with Crippen molar-refractivity contribution in [3.05, 3.63) is 58.6 Å². The number of anilines is 2. The van der Waals surface area contributed by atoms with Crippen LogP contribution < -0.4 is 5.32 Å². The van der Waals surface area contributed by atoms with Gasteiger partial charge in [0.15, 0.2) is 0 Å². The first-order valence-electron chi connectivity index (χ1n) is 5.23. The second kappa shape index (κ2) is 4.90. The van der Waals surface area contributed by atoms with Gasteiger partial charge < -0.3 is 5.32 Å². The van der Waals surface area contributed by atoms with Gasteiger partial charge in [-0.15, -0.1) is 0 Å². The van der Waals surface area contributed by atoms with Crippen LogP contribution in [0.4, 0.5) is 11.4 Å². The van der Waals surface area contributed by atoms with Gasteiger partial charge in [-0.2, -0.15) is 5.26 Å². The zero-order valence-corrected chi connectivity index (χ0v) is 10.1. The number of benzene rings is 2. The van der Waals surface area contributed by atoms with Crippen LogP contribution in [0, 0.1) is 18.3 Å². The van der Waals surface area contributed by atoms with Gasteiger partial charge in [0, 0.05) is 0 Å². The van der Waals surface area contributed by atoms with E-state index in [0.29, 0.717) is 10.6 Å². The van der Waals surface area contributed by atoms with Crippen molar-refractivity contribution in [1.29, 1.82) is 5.26 Å². The van der Waals surface area contributed by atoms with E-state index in [2.05, 4.69) is 11.4 Å². The Morgan fingerprint density at radius 1 is 1.12 bits per heavy atom. The Balaban J connectivity index is 2.38. The van der Waals surface area contributed by atoms with E-state index in [1.54, 1.807) is 6.07 Å². The number of nitriles is 1. The highest BCUT2D eigenvalue weighted by Crippen LogP contribution is 2.27. The van der Waals surface area contributed by atoms with Crippen molar-refractivity contribution in [3.8, 4) is 6.07 Å². The second-order valence-corrected chi connectivity index (χ2v) is 4.17. The Labute approximate surface area is 105 Å². The summed E-state index contributed by atoms with van der Waals surface area (Å²) in [7, 11) is 0. The lowest BCUT2D eigenvalue weighted by molar-refractivity contribution is 1.43. The summed E-state index contributed by atoms with van der Waals surface area (Å²) < 4.78 is 0. The summed E-state index contributed by atoms with van der Waals surface area (Å²) in [6, 6.07) is 15.2. The van der Waals surface area contributed by atoms with Crippen molar-refractivity contribution >= 4 is 23.0 Å². The summed E-state index contributed by atoms with van der Waals surface area (Å²) >= 11 is 6.10. The molecule has 17 heavy (non-hydrogen) atoms. The molecule has 0 heterocycles. The first kappa shape index (κ1) is 11.5. The minimum atomic E-state index is 0.602. The maximum atomic E-state index is 9.00. The van der Waals surface area contributed by atoms with Gasteiger partial charge in [-0.05, 0) is 36.8 Å². The van der Waals surface area contributed by atoms with Crippen LogP contribution in [0.1, 0.15) is 11.1 Å². The molecule has 2 aromatic carbocycles. The summed E-state index contributed by atoms with van der Waals surface area (Å²) in [6.07, 6.45) is 0. The molecule has 0 aromatic heterocycles. The molecule has 0 unspecified atom stereocenters. The number of para-hydroxylation sites is 1. The number of rotatable bonds is 2. The minimum Gasteiger partial charge on any atom is -0.353 e. The molecule has 0 saturated carbocycles. The summed E-state index contributed by atoms with van der Waals surface area (Å²) in [4.78, 5) is 0. The van der Waals surface area contributed by atoms with E-state index in [1.165, 1.54) is 0 Å². The van der Waals surface area contributed by atoms with Gasteiger partial charge in [-0.1, -0.05) is 29.8 Å². The largest absolute Gasteiger partial charge is 0.353 e. The van der Waals surface area contributed by atoms with E-state index < -0.39 is 0 Å². The van der Waals surface area contributed by atoms with E-state index in [-0.39, 0.29) is 0 Å². The van der Waals surface area contributed by atoms with Gasteiger partial charge in [-0.3, -0.25) is 0 Å². The molecule has 0 spiro atoms. The number of aryl methyl sites for hydroxylation is 1. The quantitative estimate of drug-likeness (QED) is 0.854. The Morgan fingerprint density at radius 2 is 1.88 bits per heavy atom. The van der Waals surface area contributed by atoms with Crippen molar-refractivity contribution in [2.24, 2.45) is 0 Å². The highest BCUT2D eigenvalue weighted by Gasteiger charge is 2.04. The maximum Gasteiger partial charge on any atom is 0.101 e. The van der Waals surface area contributed by atoms with Gasteiger partial charge >= 0.3 is 0 Å². The molecule has 0 radical (unpaired) electrons. The van der Waals surface area contributed by atoms with Gasteiger partial charge in [0.1, 0.15) is 6.07 Å². The molecule has 0 amide bonds. The fourth-order valence-electron chi connectivity index (χ4n) is 1.57. The molecular formula is C14H11ClN2. The first-order chi connectivity index (χ1) is 8.20. The molecule has 0 bridgehead atoms. The van der Waals surface area contributed by atoms with E-state index in [9.17, 15) is 0 Å². The van der Waals surface area contributed by atoms with Gasteiger partial charge in [0.05, 0.1) is 22.0 Å². The van der Waals surface area contributed by atoms with Crippen molar-refractivity contribution in [2.45, 2.75) is 6.92 Å². The number of halogens is 1. The second-order valence-electron chi connectivity index (χ2n) is 3.77. The average molecular weight is 243 g/mol. The third-order valence-electron chi connectivity index (χ3n) is 2.44. The normalized spacial score (nSPS) is 9.71. The molecule has 3 heteroatoms. The van der Waals surface area contributed by atoms with Crippen molar-refractivity contribution in [2.75, 3.05) is 5.32 Å². The highest BCUT2D eigenvalue weighted by atomic mass is 35.5. The summed E-state index contributed by atoms with van der Waals surface area (Å²) in [5.74, 6) is 0. The molecular weight excluding hydrogens is 232 g/mol. The molecule has 2 rings (SSSR count). The van der Waals surface area contributed by atoms with Crippen molar-refractivity contribution in [3.63, 3.8) is 0 Å². The van der Waals surface area contributed by atoms with E-state index in [1.807, 2.05) is 43.3 Å². The Morgan fingerprint density at radius 3 is 2.65 bits per heavy atom. The fraction of sp³-hybridized carbons (Fsp3) is 0.0714. The first-order valence-corrected chi connectivity index (χ1v) is 5.61. The Hall–Kier alpha value is -1.98. The molecule has 0 aliphatic rings.